The maximum absolute atomic E-state index is 13.8. The van der Waals surface area contributed by atoms with Gasteiger partial charge in [0.2, 0.25) is 0 Å². The minimum atomic E-state index is -0.851. The minimum Gasteiger partial charge on any atom is -0.444 e. The number of fused-ring (bicyclic) bond motifs is 1. The Kier molecular flexibility index (Phi) is 9.05. The zero-order chi connectivity index (χ0) is 33.5. The number of nitro benzene ring substituents is 1. The molecule has 3 aromatic rings. The second-order valence-corrected chi connectivity index (χ2v) is 14.4. The number of aromatic nitrogens is 3. The molecule has 45 heavy (non-hydrogen) atoms. The summed E-state index contributed by atoms with van der Waals surface area (Å²) >= 11 is 0. The lowest BCUT2D eigenvalue weighted by molar-refractivity contribution is -0.384. The Morgan fingerprint density at radius 2 is 1.78 bits per heavy atom. The standard InChI is InChI=1S/C32H45N7O6/c1-20(2)24-18-33-38-26(37(29(41)45-31(6,7)8)22-12-11-13-23(16-22)39(42)43)17-25(35-27(24)38)34-21-14-15-32(9,10)36(19-21)28(40)44-30(3,4)5/h11-13,16-18,20-21H,14-15,19H2,1-10H3,(H,34,35). The van der Waals surface area contributed by atoms with Crippen LogP contribution in [-0.4, -0.2) is 65.9 Å². The molecule has 0 bridgehead atoms. The van der Waals surface area contributed by atoms with E-state index < -0.39 is 27.8 Å². The molecule has 1 aliphatic heterocycles. The minimum absolute atomic E-state index is 0.0593. The van der Waals surface area contributed by atoms with Gasteiger partial charge in [-0.2, -0.15) is 9.61 Å². The lowest BCUT2D eigenvalue weighted by Gasteiger charge is -2.45. The number of piperidine rings is 1. The second-order valence-electron chi connectivity index (χ2n) is 14.4. The first-order valence-electron chi connectivity index (χ1n) is 15.2. The number of ether oxygens (including phenoxy) is 2. The van der Waals surface area contributed by atoms with Crippen molar-refractivity contribution in [2.45, 2.75) is 111 Å². The summed E-state index contributed by atoms with van der Waals surface area (Å²) in [4.78, 5) is 46.1. The first-order valence-corrected chi connectivity index (χ1v) is 15.2. The highest BCUT2D eigenvalue weighted by Gasteiger charge is 2.40. The maximum Gasteiger partial charge on any atom is 0.420 e. The number of hydrogen-bond donors (Lipinski definition) is 1. The van der Waals surface area contributed by atoms with Crippen LogP contribution in [0.3, 0.4) is 0 Å². The summed E-state index contributed by atoms with van der Waals surface area (Å²) in [6.45, 7) is 19.2. The van der Waals surface area contributed by atoms with Gasteiger partial charge in [-0.05, 0) is 80.2 Å². The topological polar surface area (TPSA) is 144 Å². The van der Waals surface area contributed by atoms with Crippen molar-refractivity contribution in [3.63, 3.8) is 0 Å². The largest absolute Gasteiger partial charge is 0.444 e. The number of rotatable bonds is 6. The average Bonchev–Trinajstić information content (AvgIpc) is 3.32. The molecule has 3 heterocycles. The van der Waals surface area contributed by atoms with Gasteiger partial charge >= 0.3 is 12.2 Å². The van der Waals surface area contributed by atoms with Crippen molar-refractivity contribution in [3.05, 3.63) is 52.2 Å². The van der Waals surface area contributed by atoms with Crippen molar-refractivity contribution in [1.29, 1.82) is 0 Å². The molecule has 13 nitrogen and oxygen atoms in total. The fraction of sp³-hybridized carbons (Fsp3) is 0.562. The van der Waals surface area contributed by atoms with Gasteiger partial charge in [0, 0.05) is 41.9 Å². The van der Waals surface area contributed by atoms with Gasteiger partial charge in [-0.15, -0.1) is 0 Å². The Bertz CT molecular complexity index is 1580. The van der Waals surface area contributed by atoms with Gasteiger partial charge < -0.3 is 19.7 Å². The van der Waals surface area contributed by atoms with Gasteiger partial charge in [0.25, 0.3) is 5.69 Å². The summed E-state index contributed by atoms with van der Waals surface area (Å²) in [7, 11) is 0. The first-order chi connectivity index (χ1) is 20.8. The summed E-state index contributed by atoms with van der Waals surface area (Å²) in [5.41, 5.74) is -0.478. The van der Waals surface area contributed by atoms with Crippen LogP contribution in [0.1, 0.15) is 93.6 Å². The van der Waals surface area contributed by atoms with E-state index >= 15 is 0 Å². The molecule has 1 saturated heterocycles. The van der Waals surface area contributed by atoms with E-state index in [-0.39, 0.29) is 35.2 Å². The highest BCUT2D eigenvalue weighted by atomic mass is 16.6. The number of likely N-dealkylation sites (tertiary alicyclic amines) is 1. The molecule has 2 aromatic heterocycles. The molecular weight excluding hydrogens is 578 g/mol. The molecule has 244 valence electrons. The normalized spacial score (nSPS) is 16.9. The predicted octanol–water partition coefficient (Wildman–Crippen LogP) is 7.42. The van der Waals surface area contributed by atoms with Crippen LogP contribution in [0.25, 0.3) is 5.65 Å². The molecule has 1 N–H and O–H groups in total. The van der Waals surface area contributed by atoms with Crippen molar-refractivity contribution in [1.82, 2.24) is 19.5 Å². The summed E-state index contributed by atoms with van der Waals surface area (Å²) in [5, 5.41) is 19.7. The van der Waals surface area contributed by atoms with Gasteiger partial charge in [-0.3, -0.25) is 10.1 Å². The van der Waals surface area contributed by atoms with Gasteiger partial charge in [0.05, 0.1) is 16.8 Å². The smallest absolute Gasteiger partial charge is 0.420 e. The van der Waals surface area contributed by atoms with E-state index in [1.807, 2.05) is 48.5 Å². The molecule has 1 atom stereocenters. The number of carbonyl (C=O) groups excluding carboxylic acids is 2. The summed E-state index contributed by atoms with van der Waals surface area (Å²) in [5.74, 6) is 0.793. The van der Waals surface area contributed by atoms with Crippen molar-refractivity contribution in [2.24, 2.45) is 0 Å². The second kappa shape index (κ2) is 12.2. The Balaban J connectivity index is 1.82. The Hall–Kier alpha value is -4.42. The molecule has 1 aliphatic rings. The monoisotopic (exact) mass is 623 g/mol. The number of carbonyl (C=O) groups is 2. The SMILES string of the molecule is CC(C)c1cnn2c(N(C(=O)OC(C)(C)C)c3cccc([N+](=O)[O-])c3)cc(NC3CCC(C)(C)N(C(=O)OC(C)(C)C)C3)nc12. The molecule has 13 heteroatoms. The first kappa shape index (κ1) is 33.5. The fourth-order valence-corrected chi connectivity index (χ4v) is 5.18. The third kappa shape index (κ3) is 7.81. The van der Waals surface area contributed by atoms with E-state index in [2.05, 4.69) is 10.4 Å². The van der Waals surface area contributed by atoms with Crippen molar-refractivity contribution in [3.8, 4) is 0 Å². The molecule has 1 aromatic carbocycles. The van der Waals surface area contributed by atoms with Crippen LogP contribution in [0.2, 0.25) is 0 Å². The third-order valence-corrected chi connectivity index (χ3v) is 7.41. The van der Waals surface area contributed by atoms with Crippen molar-refractivity contribution < 1.29 is 24.0 Å². The Morgan fingerprint density at radius 1 is 1.11 bits per heavy atom. The molecule has 0 aliphatic carbocycles. The molecule has 0 radical (unpaired) electrons. The lowest BCUT2D eigenvalue weighted by Crippen LogP contribution is -2.57. The van der Waals surface area contributed by atoms with Crippen LogP contribution in [0.5, 0.6) is 0 Å². The van der Waals surface area contributed by atoms with E-state index in [0.717, 1.165) is 18.4 Å². The molecular formula is C32H45N7O6. The average molecular weight is 624 g/mol. The van der Waals surface area contributed by atoms with E-state index in [9.17, 15) is 19.7 Å². The van der Waals surface area contributed by atoms with Crippen LogP contribution in [0.4, 0.5) is 32.6 Å². The van der Waals surface area contributed by atoms with Crippen LogP contribution in [0, 0.1) is 10.1 Å². The summed E-state index contributed by atoms with van der Waals surface area (Å²) < 4.78 is 13.0. The van der Waals surface area contributed by atoms with Crippen LogP contribution < -0.4 is 10.2 Å². The number of nitrogens with one attached hydrogen (secondary N) is 1. The van der Waals surface area contributed by atoms with Gasteiger partial charge in [-0.25, -0.2) is 19.5 Å². The number of anilines is 3. The van der Waals surface area contributed by atoms with Crippen molar-refractivity contribution in [2.75, 3.05) is 16.8 Å². The number of non-ortho nitro benzene ring substituents is 1. The molecule has 0 spiro atoms. The molecule has 1 unspecified atom stereocenters. The van der Waals surface area contributed by atoms with E-state index in [1.54, 1.807) is 48.5 Å². The molecule has 1 fully saturated rings. The Morgan fingerprint density at radius 3 is 2.38 bits per heavy atom. The number of benzene rings is 1. The number of amides is 2. The fourth-order valence-electron chi connectivity index (χ4n) is 5.18. The third-order valence-electron chi connectivity index (χ3n) is 7.41. The van der Waals surface area contributed by atoms with Gasteiger partial charge in [0.1, 0.15) is 22.8 Å². The number of hydrogen-bond acceptors (Lipinski definition) is 9. The zero-order valence-electron chi connectivity index (χ0n) is 27.9. The van der Waals surface area contributed by atoms with Gasteiger partial charge in [0.15, 0.2) is 5.65 Å². The number of nitro groups is 1. The quantitative estimate of drug-likeness (QED) is 0.219. The highest BCUT2D eigenvalue weighted by molar-refractivity contribution is 5.96. The van der Waals surface area contributed by atoms with Gasteiger partial charge in [-0.1, -0.05) is 19.9 Å². The molecule has 4 rings (SSSR count). The maximum atomic E-state index is 13.8. The van der Waals surface area contributed by atoms with E-state index in [4.69, 9.17) is 14.5 Å². The van der Waals surface area contributed by atoms with E-state index in [0.29, 0.717) is 18.0 Å². The molecule has 2 amide bonds. The van der Waals surface area contributed by atoms with E-state index in [1.165, 1.54) is 23.1 Å². The Labute approximate surface area is 264 Å². The predicted molar refractivity (Wildman–Crippen MR) is 172 cm³/mol. The highest BCUT2D eigenvalue weighted by Crippen LogP contribution is 2.35. The zero-order valence-corrected chi connectivity index (χ0v) is 27.9. The van der Waals surface area contributed by atoms with Crippen LogP contribution >= 0.6 is 0 Å². The summed E-state index contributed by atoms with van der Waals surface area (Å²) in [6.07, 6.45) is 2.06. The lowest BCUT2D eigenvalue weighted by atomic mass is 9.88. The number of nitrogens with zero attached hydrogens (tertiary/aromatic N) is 6. The molecule has 0 saturated carbocycles. The van der Waals surface area contributed by atoms with Crippen LogP contribution in [0.15, 0.2) is 36.5 Å². The van der Waals surface area contributed by atoms with Crippen LogP contribution in [-0.2, 0) is 9.47 Å². The van der Waals surface area contributed by atoms with Crippen molar-refractivity contribution >= 4 is 40.8 Å². The summed E-state index contributed by atoms with van der Waals surface area (Å²) in [6, 6.07) is 7.29.